The molecule has 7 heteroatoms. The number of aliphatic imine (C=N–C) groups is 1. The molecule has 0 fully saturated rings. The monoisotopic (exact) mass is 365 g/mol. The summed E-state index contributed by atoms with van der Waals surface area (Å²) in [5, 5.41) is 16.6. The first-order chi connectivity index (χ1) is 12.3. The van der Waals surface area contributed by atoms with Gasteiger partial charge in [0.15, 0.2) is 5.96 Å². The van der Waals surface area contributed by atoms with E-state index in [1.165, 1.54) is 6.07 Å². The van der Waals surface area contributed by atoms with E-state index >= 15 is 0 Å². The number of aryl methyl sites for hydroxylation is 1. The van der Waals surface area contributed by atoms with Gasteiger partial charge in [-0.25, -0.2) is 13.8 Å². The van der Waals surface area contributed by atoms with Crippen molar-refractivity contribution in [2.75, 3.05) is 19.6 Å². The molecule has 0 saturated carbocycles. The zero-order valence-corrected chi connectivity index (χ0v) is 15.3. The minimum atomic E-state index is -1.24. The van der Waals surface area contributed by atoms with Gasteiger partial charge in [0, 0.05) is 13.1 Å². The fourth-order valence-electron chi connectivity index (χ4n) is 2.43. The van der Waals surface area contributed by atoms with Crippen LogP contribution >= 0.6 is 0 Å². The molecular weight excluding hydrogens is 340 g/mol. The van der Waals surface area contributed by atoms with Crippen molar-refractivity contribution in [2.45, 2.75) is 32.8 Å². The molecule has 0 radical (unpaired) electrons. The van der Waals surface area contributed by atoms with E-state index in [-0.39, 0.29) is 6.54 Å². The molecule has 1 aromatic carbocycles. The summed E-state index contributed by atoms with van der Waals surface area (Å²) in [4.78, 5) is 4.36. The number of nitrogens with one attached hydrogen (secondary N) is 2. The maximum absolute atomic E-state index is 13.7. The van der Waals surface area contributed by atoms with E-state index in [0.29, 0.717) is 42.6 Å². The molecule has 142 valence electrons. The van der Waals surface area contributed by atoms with Crippen molar-refractivity contribution in [2.24, 2.45) is 4.99 Å². The van der Waals surface area contributed by atoms with Crippen molar-refractivity contribution < 1.29 is 18.3 Å². The van der Waals surface area contributed by atoms with Crippen molar-refractivity contribution in [3.05, 3.63) is 59.1 Å². The molecule has 2 rings (SSSR count). The number of hydrogen-bond acceptors (Lipinski definition) is 3. The summed E-state index contributed by atoms with van der Waals surface area (Å²) in [6.07, 6.45) is 0.307. The van der Waals surface area contributed by atoms with E-state index in [4.69, 9.17) is 4.42 Å². The van der Waals surface area contributed by atoms with Crippen molar-refractivity contribution in [3.63, 3.8) is 0 Å². The van der Waals surface area contributed by atoms with Gasteiger partial charge in [0.1, 0.15) is 28.8 Å². The van der Waals surface area contributed by atoms with Crippen LogP contribution in [0.3, 0.4) is 0 Å². The molecule has 5 nitrogen and oxygen atoms in total. The van der Waals surface area contributed by atoms with Gasteiger partial charge in [-0.05, 0) is 63.1 Å². The number of halogens is 2. The van der Waals surface area contributed by atoms with Crippen LogP contribution in [0.2, 0.25) is 0 Å². The van der Waals surface area contributed by atoms with E-state index in [9.17, 15) is 13.9 Å². The van der Waals surface area contributed by atoms with E-state index in [0.717, 1.165) is 12.1 Å². The lowest BCUT2D eigenvalue weighted by atomic mass is 10.0. The van der Waals surface area contributed by atoms with Gasteiger partial charge in [-0.2, -0.15) is 0 Å². The second kappa shape index (κ2) is 8.80. The van der Waals surface area contributed by atoms with E-state index < -0.39 is 17.2 Å². The van der Waals surface area contributed by atoms with Crippen LogP contribution in [-0.2, 0) is 12.0 Å². The van der Waals surface area contributed by atoms with E-state index in [2.05, 4.69) is 15.6 Å². The third-order valence-electron chi connectivity index (χ3n) is 3.86. The number of guanidine groups is 1. The maximum Gasteiger partial charge on any atom is 0.191 e. The van der Waals surface area contributed by atoms with E-state index in [1.807, 2.05) is 6.92 Å². The average Bonchev–Trinajstić information content (AvgIpc) is 3.03. The van der Waals surface area contributed by atoms with Gasteiger partial charge in [0.2, 0.25) is 0 Å². The normalized spacial score (nSPS) is 14.2. The predicted octanol–water partition coefficient (Wildman–Crippen LogP) is 2.87. The summed E-state index contributed by atoms with van der Waals surface area (Å²) in [6.45, 7) is 6.43. The Balaban J connectivity index is 1.97. The molecule has 2 aromatic rings. The summed E-state index contributed by atoms with van der Waals surface area (Å²) in [7, 11) is 0. The Morgan fingerprint density at radius 1 is 1.23 bits per heavy atom. The minimum absolute atomic E-state index is 0.0869. The molecule has 0 aliphatic heterocycles. The number of nitrogens with zero attached hydrogens (tertiary/aromatic N) is 1. The van der Waals surface area contributed by atoms with Gasteiger partial charge in [-0.15, -0.1) is 0 Å². The highest BCUT2D eigenvalue weighted by molar-refractivity contribution is 5.79. The van der Waals surface area contributed by atoms with Crippen LogP contribution in [0.1, 0.15) is 30.9 Å². The van der Waals surface area contributed by atoms with Crippen molar-refractivity contribution in [3.8, 4) is 0 Å². The zero-order valence-electron chi connectivity index (χ0n) is 15.3. The smallest absolute Gasteiger partial charge is 0.191 e. The highest BCUT2D eigenvalue weighted by Crippen LogP contribution is 2.23. The first-order valence-electron chi connectivity index (χ1n) is 8.57. The van der Waals surface area contributed by atoms with Crippen molar-refractivity contribution in [1.82, 2.24) is 10.6 Å². The fraction of sp³-hybridized carbons (Fsp3) is 0.421. The number of aliphatic hydroxyl groups is 1. The summed E-state index contributed by atoms with van der Waals surface area (Å²) in [6, 6.07) is 6.90. The molecular formula is C19H25F2N3O2. The summed E-state index contributed by atoms with van der Waals surface area (Å²) < 4.78 is 32.3. The molecule has 1 aromatic heterocycles. The number of hydrogen-bond donors (Lipinski definition) is 3. The quantitative estimate of drug-likeness (QED) is 0.521. The lowest BCUT2D eigenvalue weighted by molar-refractivity contribution is 0.0428. The SMILES string of the molecule is CCNC(=NCC(C)(O)c1ccc(C)o1)NCCc1cc(F)ccc1F. The Morgan fingerprint density at radius 3 is 2.65 bits per heavy atom. The Bertz CT molecular complexity index is 757. The standard InChI is InChI=1S/C19H25F2N3O2/c1-4-22-18(23-10-9-14-11-15(20)6-7-16(14)21)24-12-19(3,25)17-8-5-13(2)26-17/h5-8,11,25H,4,9-10,12H2,1-3H3,(H2,22,23,24). The highest BCUT2D eigenvalue weighted by atomic mass is 19.1. The summed E-state index contributed by atoms with van der Waals surface area (Å²) >= 11 is 0. The van der Waals surface area contributed by atoms with Crippen LogP contribution in [0.15, 0.2) is 39.7 Å². The number of furan rings is 1. The molecule has 0 aliphatic carbocycles. The lowest BCUT2D eigenvalue weighted by Crippen LogP contribution is -2.39. The zero-order chi connectivity index (χ0) is 19.2. The van der Waals surface area contributed by atoms with Gasteiger partial charge in [0.05, 0.1) is 6.54 Å². The lowest BCUT2D eigenvalue weighted by Gasteiger charge is -2.19. The Hall–Kier alpha value is -2.41. The predicted molar refractivity (Wildman–Crippen MR) is 97.1 cm³/mol. The van der Waals surface area contributed by atoms with Crippen LogP contribution < -0.4 is 10.6 Å². The molecule has 0 spiro atoms. The van der Waals surface area contributed by atoms with Crippen LogP contribution in [0, 0.1) is 18.6 Å². The Labute approximate surface area is 152 Å². The van der Waals surface area contributed by atoms with E-state index in [1.54, 1.807) is 26.0 Å². The summed E-state index contributed by atoms with van der Waals surface area (Å²) in [5.74, 6) is 0.730. The van der Waals surface area contributed by atoms with Crippen molar-refractivity contribution in [1.29, 1.82) is 0 Å². The van der Waals surface area contributed by atoms with Gasteiger partial charge < -0.3 is 20.2 Å². The van der Waals surface area contributed by atoms with Gasteiger partial charge in [-0.1, -0.05) is 0 Å². The second-order valence-electron chi connectivity index (χ2n) is 6.29. The Morgan fingerprint density at radius 2 is 2.00 bits per heavy atom. The molecule has 0 bridgehead atoms. The third kappa shape index (κ3) is 5.56. The molecule has 3 N–H and O–H groups in total. The number of rotatable bonds is 7. The van der Waals surface area contributed by atoms with Crippen LogP contribution in [-0.4, -0.2) is 30.7 Å². The largest absolute Gasteiger partial charge is 0.463 e. The highest BCUT2D eigenvalue weighted by Gasteiger charge is 2.26. The van der Waals surface area contributed by atoms with Gasteiger partial charge in [0.25, 0.3) is 0 Å². The van der Waals surface area contributed by atoms with Gasteiger partial charge >= 0.3 is 0 Å². The molecule has 0 amide bonds. The van der Waals surface area contributed by atoms with Crippen molar-refractivity contribution >= 4 is 5.96 Å². The molecule has 0 aliphatic rings. The molecule has 1 atom stereocenters. The topological polar surface area (TPSA) is 69.8 Å². The molecule has 0 saturated heterocycles. The summed E-state index contributed by atoms with van der Waals surface area (Å²) in [5.41, 5.74) is -0.947. The average molecular weight is 365 g/mol. The van der Waals surface area contributed by atoms with Gasteiger partial charge in [-0.3, -0.25) is 0 Å². The second-order valence-corrected chi connectivity index (χ2v) is 6.29. The minimum Gasteiger partial charge on any atom is -0.463 e. The molecule has 1 heterocycles. The van der Waals surface area contributed by atoms with Crippen LogP contribution in [0.25, 0.3) is 0 Å². The molecule has 1 unspecified atom stereocenters. The number of benzene rings is 1. The first-order valence-corrected chi connectivity index (χ1v) is 8.57. The van der Waals surface area contributed by atoms with Crippen LogP contribution in [0.4, 0.5) is 8.78 Å². The first kappa shape index (κ1) is 19.9. The third-order valence-corrected chi connectivity index (χ3v) is 3.86. The van der Waals surface area contributed by atoms with Crippen LogP contribution in [0.5, 0.6) is 0 Å². The molecule has 26 heavy (non-hydrogen) atoms. The Kier molecular flexibility index (Phi) is 6.74. The fourth-order valence-corrected chi connectivity index (χ4v) is 2.43. The maximum atomic E-state index is 13.7.